The van der Waals surface area contributed by atoms with Crippen LogP contribution >= 0.6 is 0 Å². The SMILES string of the molecule is CC(C)Cc1cccc(C(=O)Cc2ccccc2F)c1. The van der Waals surface area contributed by atoms with E-state index in [0.29, 0.717) is 17.0 Å². The number of halogens is 1. The lowest BCUT2D eigenvalue weighted by Gasteiger charge is -2.07. The first-order valence-corrected chi connectivity index (χ1v) is 6.92. The van der Waals surface area contributed by atoms with Crippen LogP contribution in [0.5, 0.6) is 0 Å². The number of ketones is 1. The number of rotatable bonds is 5. The Kier molecular flexibility index (Phi) is 4.67. The van der Waals surface area contributed by atoms with Gasteiger partial charge in [0.25, 0.3) is 0 Å². The van der Waals surface area contributed by atoms with Gasteiger partial charge in [-0.1, -0.05) is 50.2 Å². The van der Waals surface area contributed by atoms with Crippen molar-refractivity contribution in [3.05, 3.63) is 71.0 Å². The highest BCUT2D eigenvalue weighted by molar-refractivity contribution is 5.97. The van der Waals surface area contributed by atoms with Crippen LogP contribution < -0.4 is 0 Å². The third kappa shape index (κ3) is 3.77. The van der Waals surface area contributed by atoms with E-state index in [0.717, 1.165) is 12.0 Å². The minimum absolute atomic E-state index is 0.0410. The van der Waals surface area contributed by atoms with Crippen LogP contribution in [0.1, 0.15) is 35.3 Å². The van der Waals surface area contributed by atoms with E-state index in [-0.39, 0.29) is 18.0 Å². The molecule has 2 aromatic rings. The van der Waals surface area contributed by atoms with E-state index in [1.807, 2.05) is 18.2 Å². The Morgan fingerprint density at radius 3 is 2.55 bits per heavy atom. The Balaban J connectivity index is 2.15. The van der Waals surface area contributed by atoms with E-state index in [9.17, 15) is 9.18 Å². The van der Waals surface area contributed by atoms with E-state index >= 15 is 0 Å². The third-order valence-corrected chi connectivity index (χ3v) is 3.20. The van der Waals surface area contributed by atoms with E-state index in [4.69, 9.17) is 0 Å². The summed E-state index contributed by atoms with van der Waals surface area (Å²) in [7, 11) is 0. The minimum Gasteiger partial charge on any atom is -0.294 e. The Morgan fingerprint density at radius 2 is 1.85 bits per heavy atom. The molecule has 0 unspecified atom stereocenters. The number of hydrogen-bond donors (Lipinski definition) is 0. The molecule has 0 bridgehead atoms. The normalized spacial score (nSPS) is 10.8. The largest absolute Gasteiger partial charge is 0.294 e. The summed E-state index contributed by atoms with van der Waals surface area (Å²) in [5, 5.41) is 0. The summed E-state index contributed by atoms with van der Waals surface area (Å²) in [6.45, 7) is 4.29. The molecule has 2 heteroatoms. The molecule has 104 valence electrons. The van der Waals surface area contributed by atoms with Crippen LogP contribution in [0.2, 0.25) is 0 Å². The Labute approximate surface area is 119 Å². The molecule has 0 saturated carbocycles. The summed E-state index contributed by atoms with van der Waals surface area (Å²) in [5.41, 5.74) is 2.26. The summed E-state index contributed by atoms with van der Waals surface area (Å²) < 4.78 is 13.6. The fraction of sp³-hybridized carbons (Fsp3) is 0.278. The number of Topliss-reactive ketones (excluding diaryl/α,β-unsaturated/α-hetero) is 1. The molecule has 0 aromatic heterocycles. The van der Waals surface area contributed by atoms with Crippen LogP contribution in [-0.4, -0.2) is 5.78 Å². The van der Waals surface area contributed by atoms with E-state index in [1.54, 1.807) is 24.3 Å². The maximum atomic E-state index is 13.6. The van der Waals surface area contributed by atoms with Crippen LogP contribution in [0.3, 0.4) is 0 Å². The molecule has 0 N–H and O–H groups in total. The molecule has 0 radical (unpaired) electrons. The lowest BCUT2D eigenvalue weighted by Crippen LogP contribution is -2.06. The van der Waals surface area contributed by atoms with Gasteiger partial charge in [0, 0.05) is 12.0 Å². The van der Waals surface area contributed by atoms with Gasteiger partial charge in [0.05, 0.1) is 0 Å². The zero-order chi connectivity index (χ0) is 14.5. The molecule has 0 aliphatic carbocycles. The third-order valence-electron chi connectivity index (χ3n) is 3.20. The lowest BCUT2D eigenvalue weighted by molar-refractivity contribution is 0.0991. The second-order valence-corrected chi connectivity index (χ2v) is 5.49. The minimum atomic E-state index is -0.320. The molecular weight excluding hydrogens is 251 g/mol. The Bertz CT molecular complexity index is 602. The topological polar surface area (TPSA) is 17.1 Å². The molecule has 0 saturated heterocycles. The average molecular weight is 270 g/mol. The molecule has 0 aliphatic rings. The molecular formula is C18H19FO. The van der Waals surface area contributed by atoms with Crippen LogP contribution in [0.25, 0.3) is 0 Å². The second kappa shape index (κ2) is 6.47. The monoisotopic (exact) mass is 270 g/mol. The van der Waals surface area contributed by atoms with Crippen molar-refractivity contribution in [1.82, 2.24) is 0 Å². The average Bonchev–Trinajstić information content (AvgIpc) is 2.41. The maximum absolute atomic E-state index is 13.6. The van der Waals surface area contributed by atoms with Crippen molar-refractivity contribution in [3.63, 3.8) is 0 Å². The van der Waals surface area contributed by atoms with Crippen molar-refractivity contribution in [1.29, 1.82) is 0 Å². The molecule has 0 heterocycles. The van der Waals surface area contributed by atoms with Gasteiger partial charge in [0.1, 0.15) is 5.82 Å². The highest BCUT2D eigenvalue weighted by atomic mass is 19.1. The van der Waals surface area contributed by atoms with Gasteiger partial charge in [0.2, 0.25) is 0 Å². The molecule has 0 aliphatic heterocycles. The number of carbonyl (C=O) groups is 1. The van der Waals surface area contributed by atoms with Crippen molar-refractivity contribution in [3.8, 4) is 0 Å². The summed E-state index contributed by atoms with van der Waals surface area (Å²) in [6.07, 6.45) is 1.05. The van der Waals surface area contributed by atoms with Gasteiger partial charge in [-0.05, 0) is 35.6 Å². The first-order valence-electron chi connectivity index (χ1n) is 6.92. The predicted octanol–water partition coefficient (Wildman–Crippen LogP) is 4.45. The van der Waals surface area contributed by atoms with Gasteiger partial charge in [-0.2, -0.15) is 0 Å². The summed E-state index contributed by atoms with van der Waals surface area (Å²) in [4.78, 5) is 12.2. The molecule has 2 aromatic carbocycles. The van der Waals surface area contributed by atoms with Gasteiger partial charge in [-0.15, -0.1) is 0 Å². The zero-order valence-electron chi connectivity index (χ0n) is 11.9. The fourth-order valence-corrected chi connectivity index (χ4v) is 2.26. The van der Waals surface area contributed by atoms with Gasteiger partial charge >= 0.3 is 0 Å². The first kappa shape index (κ1) is 14.4. The van der Waals surface area contributed by atoms with Gasteiger partial charge in [0.15, 0.2) is 5.78 Å². The van der Waals surface area contributed by atoms with Crippen LogP contribution in [0.4, 0.5) is 4.39 Å². The number of hydrogen-bond acceptors (Lipinski definition) is 1. The smallest absolute Gasteiger partial charge is 0.167 e. The van der Waals surface area contributed by atoms with Gasteiger partial charge in [-0.25, -0.2) is 4.39 Å². The molecule has 0 amide bonds. The summed E-state index contributed by atoms with van der Waals surface area (Å²) >= 11 is 0. The maximum Gasteiger partial charge on any atom is 0.167 e. The standard InChI is InChI=1S/C18H19FO/c1-13(2)10-14-6-5-8-16(11-14)18(20)12-15-7-3-4-9-17(15)19/h3-9,11,13H,10,12H2,1-2H3. The van der Waals surface area contributed by atoms with Gasteiger partial charge in [-0.3, -0.25) is 4.79 Å². The molecule has 0 spiro atoms. The number of benzene rings is 2. The van der Waals surface area contributed by atoms with E-state index < -0.39 is 0 Å². The highest BCUT2D eigenvalue weighted by Crippen LogP contribution is 2.14. The molecule has 20 heavy (non-hydrogen) atoms. The molecule has 2 rings (SSSR count). The van der Waals surface area contributed by atoms with Crippen LogP contribution in [-0.2, 0) is 12.8 Å². The Morgan fingerprint density at radius 1 is 1.10 bits per heavy atom. The lowest BCUT2D eigenvalue weighted by atomic mass is 9.97. The van der Waals surface area contributed by atoms with Crippen LogP contribution in [0.15, 0.2) is 48.5 Å². The van der Waals surface area contributed by atoms with Crippen LogP contribution in [0, 0.1) is 11.7 Å². The van der Waals surface area contributed by atoms with E-state index in [2.05, 4.69) is 13.8 Å². The molecule has 1 nitrogen and oxygen atoms in total. The quantitative estimate of drug-likeness (QED) is 0.734. The van der Waals surface area contributed by atoms with Crippen molar-refractivity contribution in [2.45, 2.75) is 26.7 Å². The summed E-state index contributed by atoms with van der Waals surface area (Å²) in [6, 6.07) is 14.1. The van der Waals surface area contributed by atoms with Crippen molar-refractivity contribution < 1.29 is 9.18 Å². The molecule has 0 fully saturated rings. The van der Waals surface area contributed by atoms with Gasteiger partial charge < -0.3 is 0 Å². The first-order chi connectivity index (χ1) is 9.56. The van der Waals surface area contributed by atoms with Crippen molar-refractivity contribution in [2.24, 2.45) is 5.92 Å². The second-order valence-electron chi connectivity index (χ2n) is 5.49. The highest BCUT2D eigenvalue weighted by Gasteiger charge is 2.10. The van der Waals surface area contributed by atoms with Crippen molar-refractivity contribution in [2.75, 3.05) is 0 Å². The summed E-state index contributed by atoms with van der Waals surface area (Å²) in [5.74, 6) is 0.187. The molecule has 0 atom stereocenters. The zero-order valence-corrected chi connectivity index (χ0v) is 11.9. The van der Waals surface area contributed by atoms with Crippen molar-refractivity contribution >= 4 is 5.78 Å². The fourth-order valence-electron chi connectivity index (χ4n) is 2.26. The predicted molar refractivity (Wildman–Crippen MR) is 79.4 cm³/mol. The Hall–Kier alpha value is -1.96. The number of carbonyl (C=O) groups excluding carboxylic acids is 1. The van der Waals surface area contributed by atoms with E-state index in [1.165, 1.54) is 6.07 Å².